The van der Waals surface area contributed by atoms with Gasteiger partial charge in [0.1, 0.15) is 11.2 Å². The quantitative estimate of drug-likeness (QED) is 0.769. The van der Waals surface area contributed by atoms with Gasteiger partial charge < -0.3 is 9.47 Å². The van der Waals surface area contributed by atoms with Crippen molar-refractivity contribution in [3.8, 4) is 5.75 Å². The number of rotatable bonds is 2. The number of methoxy groups -OCH3 is 1. The van der Waals surface area contributed by atoms with Gasteiger partial charge in [-0.05, 0) is 37.1 Å². The van der Waals surface area contributed by atoms with Gasteiger partial charge >= 0.3 is 5.97 Å². The lowest BCUT2D eigenvalue weighted by atomic mass is 9.64. The summed E-state index contributed by atoms with van der Waals surface area (Å²) >= 11 is 0. The fourth-order valence-corrected chi connectivity index (χ4v) is 5.18. The highest BCUT2D eigenvalue weighted by molar-refractivity contribution is 5.95. The number of nitrogens with zero attached hydrogens (tertiary/aromatic N) is 1. The van der Waals surface area contributed by atoms with Crippen molar-refractivity contribution in [3.05, 3.63) is 65.8 Å². The highest BCUT2D eigenvalue weighted by atomic mass is 16.6. The van der Waals surface area contributed by atoms with E-state index in [-0.39, 0.29) is 5.97 Å². The maximum absolute atomic E-state index is 13.3. The van der Waals surface area contributed by atoms with Crippen LogP contribution in [0.5, 0.6) is 5.75 Å². The predicted molar refractivity (Wildman–Crippen MR) is 99.1 cm³/mol. The van der Waals surface area contributed by atoms with E-state index < -0.39 is 11.0 Å². The third-order valence-corrected chi connectivity index (χ3v) is 6.44. The van der Waals surface area contributed by atoms with Gasteiger partial charge in [-0.15, -0.1) is 0 Å². The molecule has 1 spiro atoms. The molecule has 3 saturated heterocycles. The number of carbonyl (C=O) groups is 1. The first-order valence-electron chi connectivity index (χ1n) is 9.40. The van der Waals surface area contributed by atoms with Crippen molar-refractivity contribution in [2.75, 3.05) is 20.2 Å². The first-order chi connectivity index (χ1) is 12.7. The average Bonchev–Trinajstić information content (AvgIpc) is 2.80. The standard InChI is InChI=1S/C22H23NO3/c1-25-17-11-9-16(10-12-17)21-13-5-2-3-7-18(21)22(26-20(21)24)15-23-14-6-4-8-19(22)23/h2-3,5,7,9-13,19H,4,6,8,14-15H2,1H3/t19?,21?,22-/m0/s1. The summed E-state index contributed by atoms with van der Waals surface area (Å²) < 4.78 is 11.5. The maximum Gasteiger partial charge on any atom is 0.325 e. The third-order valence-electron chi connectivity index (χ3n) is 6.44. The van der Waals surface area contributed by atoms with Crippen LogP contribution >= 0.6 is 0 Å². The number of piperidine rings is 1. The summed E-state index contributed by atoms with van der Waals surface area (Å²) in [6, 6.07) is 8.12. The fourth-order valence-electron chi connectivity index (χ4n) is 5.18. The molecular weight excluding hydrogens is 326 g/mol. The molecule has 2 unspecified atom stereocenters. The summed E-state index contributed by atoms with van der Waals surface area (Å²) in [6.45, 7) is 1.92. The van der Waals surface area contributed by atoms with Crippen LogP contribution in [0.4, 0.5) is 0 Å². The number of esters is 1. The minimum atomic E-state index is -0.834. The SMILES string of the molecule is COc1ccc(C23C=CC=CC=C2[C@]2(CN4CCCCC42)OC3=O)cc1. The van der Waals surface area contributed by atoms with Crippen LogP contribution in [0.3, 0.4) is 0 Å². The number of benzene rings is 1. The summed E-state index contributed by atoms with van der Waals surface area (Å²) in [4.78, 5) is 15.8. The second-order valence-corrected chi connectivity index (χ2v) is 7.62. The summed E-state index contributed by atoms with van der Waals surface area (Å²) in [5.41, 5.74) is 0.726. The van der Waals surface area contributed by atoms with Crippen LogP contribution in [-0.2, 0) is 14.9 Å². The number of allylic oxidation sites excluding steroid dienone is 4. The first-order valence-corrected chi connectivity index (χ1v) is 9.40. The molecule has 4 aliphatic rings. The Kier molecular flexibility index (Phi) is 3.41. The minimum Gasteiger partial charge on any atom is -0.497 e. The Labute approximate surface area is 153 Å². The lowest BCUT2D eigenvalue weighted by Crippen LogP contribution is -2.71. The summed E-state index contributed by atoms with van der Waals surface area (Å²) in [6.07, 6.45) is 13.6. The minimum absolute atomic E-state index is 0.154. The van der Waals surface area contributed by atoms with E-state index >= 15 is 0 Å². The van der Waals surface area contributed by atoms with Crippen molar-refractivity contribution in [2.24, 2.45) is 0 Å². The number of ether oxygens (including phenoxy) is 2. The zero-order valence-electron chi connectivity index (χ0n) is 15.0. The zero-order chi connectivity index (χ0) is 17.8. The number of fused-ring (bicyclic) bond motifs is 4. The molecule has 0 bridgehead atoms. The summed E-state index contributed by atoms with van der Waals surface area (Å²) in [7, 11) is 1.65. The molecule has 5 rings (SSSR count). The van der Waals surface area contributed by atoms with Gasteiger partial charge in [-0.3, -0.25) is 9.69 Å². The predicted octanol–water partition coefficient (Wildman–Crippen LogP) is 3.15. The Balaban J connectivity index is 1.64. The fraction of sp³-hybridized carbons (Fsp3) is 0.409. The van der Waals surface area contributed by atoms with E-state index in [0.717, 1.165) is 36.4 Å². The molecule has 0 aromatic heterocycles. The number of hydrogen-bond donors (Lipinski definition) is 0. The molecule has 4 nitrogen and oxygen atoms in total. The van der Waals surface area contributed by atoms with Gasteiger partial charge in [0.2, 0.25) is 0 Å². The van der Waals surface area contributed by atoms with Crippen LogP contribution in [0, 0.1) is 0 Å². The van der Waals surface area contributed by atoms with Crippen LogP contribution in [0.1, 0.15) is 24.8 Å². The highest BCUT2D eigenvalue weighted by Crippen LogP contribution is 2.57. The molecule has 4 heteroatoms. The van der Waals surface area contributed by atoms with Gasteiger partial charge in [-0.1, -0.05) is 48.9 Å². The first kappa shape index (κ1) is 15.9. The lowest BCUT2D eigenvalue weighted by Gasteiger charge is -2.57. The molecule has 1 aromatic carbocycles. The van der Waals surface area contributed by atoms with Gasteiger partial charge in [0.25, 0.3) is 0 Å². The van der Waals surface area contributed by atoms with Crippen molar-refractivity contribution >= 4 is 5.97 Å². The third kappa shape index (κ3) is 1.91. The molecular formula is C22H23NO3. The van der Waals surface area contributed by atoms with Crippen molar-refractivity contribution in [1.82, 2.24) is 4.90 Å². The molecule has 0 amide bonds. The topological polar surface area (TPSA) is 38.8 Å². The normalized spacial score (nSPS) is 35.2. The van der Waals surface area contributed by atoms with Gasteiger partial charge in [0, 0.05) is 12.1 Å². The van der Waals surface area contributed by atoms with E-state index in [1.54, 1.807) is 7.11 Å². The monoisotopic (exact) mass is 349 g/mol. The van der Waals surface area contributed by atoms with Gasteiger partial charge in [-0.2, -0.15) is 0 Å². The van der Waals surface area contributed by atoms with Crippen LogP contribution in [-0.4, -0.2) is 42.7 Å². The Bertz CT molecular complexity index is 837. The Morgan fingerprint density at radius 3 is 2.77 bits per heavy atom. The van der Waals surface area contributed by atoms with Crippen molar-refractivity contribution in [2.45, 2.75) is 36.3 Å². The van der Waals surface area contributed by atoms with Gasteiger partial charge in [-0.25, -0.2) is 0 Å². The van der Waals surface area contributed by atoms with E-state index in [2.05, 4.69) is 11.0 Å². The Hall–Kier alpha value is -2.33. The van der Waals surface area contributed by atoms with E-state index in [1.165, 1.54) is 12.8 Å². The molecule has 3 atom stereocenters. The number of carbonyl (C=O) groups excluding carboxylic acids is 1. The van der Waals surface area contributed by atoms with E-state index in [4.69, 9.17) is 9.47 Å². The van der Waals surface area contributed by atoms with E-state index in [1.807, 2.05) is 48.6 Å². The maximum atomic E-state index is 13.3. The Morgan fingerprint density at radius 2 is 2.00 bits per heavy atom. The lowest BCUT2D eigenvalue weighted by molar-refractivity contribution is -0.180. The number of hydrogen-bond acceptors (Lipinski definition) is 4. The highest BCUT2D eigenvalue weighted by Gasteiger charge is 2.69. The van der Waals surface area contributed by atoms with E-state index in [9.17, 15) is 4.79 Å². The van der Waals surface area contributed by atoms with E-state index in [0.29, 0.717) is 6.04 Å². The average molecular weight is 349 g/mol. The summed E-state index contributed by atoms with van der Waals surface area (Å²) in [5, 5.41) is 0. The smallest absolute Gasteiger partial charge is 0.325 e. The van der Waals surface area contributed by atoms with Gasteiger partial charge in [0.05, 0.1) is 13.2 Å². The van der Waals surface area contributed by atoms with Crippen molar-refractivity contribution in [1.29, 1.82) is 0 Å². The molecule has 26 heavy (non-hydrogen) atoms. The summed E-state index contributed by atoms with van der Waals surface area (Å²) in [5.74, 6) is 0.633. The molecule has 3 aliphatic heterocycles. The van der Waals surface area contributed by atoms with Crippen LogP contribution < -0.4 is 4.74 Å². The second kappa shape index (κ2) is 5.58. The molecule has 3 heterocycles. The van der Waals surface area contributed by atoms with Crippen LogP contribution in [0.25, 0.3) is 0 Å². The molecule has 1 aromatic rings. The molecule has 1 aliphatic carbocycles. The zero-order valence-corrected chi connectivity index (χ0v) is 15.0. The van der Waals surface area contributed by atoms with Crippen LogP contribution in [0.15, 0.2) is 60.2 Å². The largest absolute Gasteiger partial charge is 0.497 e. The molecule has 0 saturated carbocycles. The van der Waals surface area contributed by atoms with Crippen molar-refractivity contribution < 1.29 is 14.3 Å². The molecule has 3 fully saturated rings. The van der Waals surface area contributed by atoms with Gasteiger partial charge in [0.15, 0.2) is 5.60 Å². The van der Waals surface area contributed by atoms with Crippen LogP contribution in [0.2, 0.25) is 0 Å². The Morgan fingerprint density at radius 1 is 1.15 bits per heavy atom. The van der Waals surface area contributed by atoms with Crippen molar-refractivity contribution in [3.63, 3.8) is 0 Å². The molecule has 0 radical (unpaired) electrons. The molecule has 134 valence electrons. The second-order valence-electron chi connectivity index (χ2n) is 7.62. The molecule has 0 N–H and O–H groups in total.